The highest BCUT2D eigenvalue weighted by molar-refractivity contribution is 5.98. The molecular weight excluding hydrogens is 384 g/mol. The minimum absolute atomic E-state index is 0.0915. The van der Waals surface area contributed by atoms with E-state index in [0.29, 0.717) is 11.3 Å². The lowest BCUT2D eigenvalue weighted by molar-refractivity contribution is -0.148. The van der Waals surface area contributed by atoms with Crippen LogP contribution in [0, 0.1) is 0 Å². The SMILES string of the molecule is COc1cc(C=CC(=O)OC(C)C(=O)N(C)c2ccccc2)ccc1OC(F)F. The van der Waals surface area contributed by atoms with Gasteiger partial charge >= 0.3 is 12.6 Å². The van der Waals surface area contributed by atoms with Crippen LogP contribution in [0.25, 0.3) is 6.08 Å². The number of esters is 1. The van der Waals surface area contributed by atoms with Gasteiger partial charge in [-0.25, -0.2) is 4.79 Å². The molecule has 0 bridgehead atoms. The maximum atomic E-state index is 12.4. The van der Waals surface area contributed by atoms with Crippen molar-refractivity contribution in [3.63, 3.8) is 0 Å². The van der Waals surface area contributed by atoms with Crippen LogP contribution >= 0.6 is 0 Å². The minimum Gasteiger partial charge on any atom is -0.493 e. The molecule has 0 aliphatic heterocycles. The van der Waals surface area contributed by atoms with E-state index in [1.54, 1.807) is 31.3 Å². The lowest BCUT2D eigenvalue weighted by Crippen LogP contribution is -2.37. The minimum atomic E-state index is -2.98. The molecule has 1 unspecified atom stereocenters. The fourth-order valence-corrected chi connectivity index (χ4v) is 2.46. The Morgan fingerprint density at radius 3 is 2.38 bits per heavy atom. The lowest BCUT2D eigenvalue weighted by atomic mass is 10.2. The molecule has 1 amide bonds. The predicted molar refractivity (Wildman–Crippen MR) is 104 cm³/mol. The summed E-state index contributed by atoms with van der Waals surface area (Å²) in [6.07, 6.45) is 1.55. The number of methoxy groups -OCH3 is 1. The van der Waals surface area contributed by atoms with Gasteiger partial charge in [-0.1, -0.05) is 24.3 Å². The Bertz CT molecular complexity index is 871. The number of ether oxygens (including phenoxy) is 3. The average molecular weight is 405 g/mol. The van der Waals surface area contributed by atoms with E-state index in [0.717, 1.165) is 6.08 Å². The zero-order chi connectivity index (χ0) is 21.4. The molecule has 0 fully saturated rings. The number of halogens is 2. The Labute approximate surface area is 167 Å². The standard InChI is InChI=1S/C21H21F2NO5/c1-14(20(26)24(2)16-7-5-4-6-8-16)28-19(25)12-10-15-9-11-17(29-21(22)23)18(13-15)27-3/h4-14,21H,1-3H3. The quantitative estimate of drug-likeness (QED) is 0.492. The number of nitrogens with zero attached hydrogens (tertiary/aromatic N) is 1. The smallest absolute Gasteiger partial charge is 0.387 e. The fourth-order valence-electron chi connectivity index (χ4n) is 2.46. The first-order valence-corrected chi connectivity index (χ1v) is 8.66. The molecule has 2 rings (SSSR count). The summed E-state index contributed by atoms with van der Waals surface area (Å²) in [6, 6.07) is 13.2. The molecule has 0 aliphatic carbocycles. The van der Waals surface area contributed by atoms with E-state index in [1.165, 1.54) is 43.2 Å². The molecule has 0 N–H and O–H groups in total. The number of rotatable bonds is 8. The van der Waals surface area contributed by atoms with Crippen molar-refractivity contribution in [2.24, 2.45) is 0 Å². The summed E-state index contributed by atoms with van der Waals surface area (Å²) in [7, 11) is 2.90. The zero-order valence-corrected chi connectivity index (χ0v) is 16.2. The maximum Gasteiger partial charge on any atom is 0.387 e. The van der Waals surface area contributed by atoms with Crippen LogP contribution in [-0.2, 0) is 14.3 Å². The molecule has 0 heterocycles. The van der Waals surface area contributed by atoms with E-state index < -0.39 is 18.7 Å². The largest absolute Gasteiger partial charge is 0.493 e. The van der Waals surface area contributed by atoms with Crippen molar-refractivity contribution in [3.8, 4) is 11.5 Å². The van der Waals surface area contributed by atoms with E-state index in [1.807, 2.05) is 6.07 Å². The molecule has 1 atom stereocenters. The molecule has 6 nitrogen and oxygen atoms in total. The summed E-state index contributed by atoms with van der Waals surface area (Å²) in [5.74, 6) is -1.13. The summed E-state index contributed by atoms with van der Waals surface area (Å²) >= 11 is 0. The van der Waals surface area contributed by atoms with Crippen molar-refractivity contribution in [3.05, 3.63) is 60.2 Å². The first-order chi connectivity index (χ1) is 13.8. The first-order valence-electron chi connectivity index (χ1n) is 8.66. The van der Waals surface area contributed by atoms with Gasteiger partial charge in [-0.15, -0.1) is 0 Å². The second-order valence-corrected chi connectivity index (χ2v) is 5.93. The fraction of sp³-hybridized carbons (Fsp3) is 0.238. The molecule has 154 valence electrons. The lowest BCUT2D eigenvalue weighted by Gasteiger charge is -2.21. The van der Waals surface area contributed by atoms with Crippen molar-refractivity contribution >= 4 is 23.6 Å². The Hall–Kier alpha value is -3.42. The number of hydrogen-bond acceptors (Lipinski definition) is 5. The Balaban J connectivity index is 1.99. The van der Waals surface area contributed by atoms with Crippen molar-refractivity contribution in [1.82, 2.24) is 0 Å². The zero-order valence-electron chi connectivity index (χ0n) is 16.2. The van der Waals surface area contributed by atoms with Gasteiger partial charge in [-0.2, -0.15) is 8.78 Å². The average Bonchev–Trinajstić information content (AvgIpc) is 2.72. The van der Waals surface area contributed by atoms with Crippen LogP contribution < -0.4 is 14.4 Å². The number of amides is 1. The molecular formula is C21H21F2NO5. The third-order valence-corrected chi connectivity index (χ3v) is 3.93. The van der Waals surface area contributed by atoms with Crippen LogP contribution in [0.15, 0.2) is 54.6 Å². The van der Waals surface area contributed by atoms with Crippen LogP contribution in [0.2, 0.25) is 0 Å². The molecule has 0 aromatic heterocycles. The molecule has 0 saturated carbocycles. The van der Waals surface area contributed by atoms with Crippen LogP contribution in [0.4, 0.5) is 14.5 Å². The van der Waals surface area contributed by atoms with Gasteiger partial charge in [0.05, 0.1) is 7.11 Å². The van der Waals surface area contributed by atoms with Gasteiger partial charge in [0.25, 0.3) is 5.91 Å². The van der Waals surface area contributed by atoms with Crippen molar-refractivity contribution < 1.29 is 32.6 Å². The van der Waals surface area contributed by atoms with Gasteiger partial charge in [0.15, 0.2) is 17.6 Å². The summed E-state index contributed by atoms with van der Waals surface area (Å²) < 4.78 is 39.2. The van der Waals surface area contributed by atoms with Gasteiger partial charge < -0.3 is 19.1 Å². The number of carbonyl (C=O) groups is 2. The van der Waals surface area contributed by atoms with E-state index in [2.05, 4.69) is 4.74 Å². The highest BCUT2D eigenvalue weighted by atomic mass is 19.3. The van der Waals surface area contributed by atoms with E-state index in [4.69, 9.17) is 9.47 Å². The molecule has 29 heavy (non-hydrogen) atoms. The van der Waals surface area contributed by atoms with Crippen molar-refractivity contribution in [2.75, 3.05) is 19.1 Å². The third-order valence-electron chi connectivity index (χ3n) is 3.93. The summed E-state index contributed by atoms with van der Waals surface area (Å²) in [5, 5.41) is 0. The second kappa shape index (κ2) is 10.2. The number of benzene rings is 2. The second-order valence-electron chi connectivity index (χ2n) is 5.93. The number of alkyl halides is 2. The number of para-hydroxylation sites is 1. The van der Waals surface area contributed by atoms with Crippen LogP contribution in [0.1, 0.15) is 12.5 Å². The number of likely N-dealkylation sites (N-methyl/N-ethyl adjacent to an activating group) is 1. The molecule has 0 saturated heterocycles. The summed E-state index contributed by atoms with van der Waals surface area (Å²) in [4.78, 5) is 25.8. The maximum absolute atomic E-state index is 12.4. The van der Waals surface area contributed by atoms with Crippen molar-refractivity contribution in [2.45, 2.75) is 19.6 Å². The number of anilines is 1. The molecule has 0 spiro atoms. The highest BCUT2D eigenvalue weighted by Crippen LogP contribution is 2.29. The molecule has 8 heteroatoms. The summed E-state index contributed by atoms with van der Waals surface area (Å²) in [5.41, 5.74) is 1.18. The van der Waals surface area contributed by atoms with Crippen LogP contribution in [0.3, 0.4) is 0 Å². The molecule has 2 aromatic carbocycles. The van der Waals surface area contributed by atoms with E-state index in [9.17, 15) is 18.4 Å². The first kappa shape index (κ1) is 21.9. The Morgan fingerprint density at radius 2 is 1.76 bits per heavy atom. The Morgan fingerprint density at radius 1 is 1.07 bits per heavy atom. The monoisotopic (exact) mass is 405 g/mol. The third kappa shape index (κ3) is 6.31. The molecule has 0 radical (unpaired) electrons. The predicted octanol–water partition coefficient (Wildman–Crippen LogP) is 3.90. The normalized spacial score (nSPS) is 11.9. The topological polar surface area (TPSA) is 65.1 Å². The van der Waals surface area contributed by atoms with Crippen molar-refractivity contribution in [1.29, 1.82) is 0 Å². The van der Waals surface area contributed by atoms with Gasteiger partial charge in [0.1, 0.15) is 0 Å². The van der Waals surface area contributed by atoms with Gasteiger partial charge in [0, 0.05) is 18.8 Å². The molecule has 0 aliphatic rings. The highest BCUT2D eigenvalue weighted by Gasteiger charge is 2.21. The van der Waals surface area contributed by atoms with Gasteiger partial charge in [-0.05, 0) is 42.8 Å². The van der Waals surface area contributed by atoms with Gasteiger partial charge in [-0.3, -0.25) is 4.79 Å². The van der Waals surface area contributed by atoms with E-state index in [-0.39, 0.29) is 17.4 Å². The van der Waals surface area contributed by atoms with Gasteiger partial charge in [0.2, 0.25) is 0 Å². The molecule has 2 aromatic rings. The summed E-state index contributed by atoms with van der Waals surface area (Å²) in [6.45, 7) is -1.50. The van der Waals surface area contributed by atoms with Crippen LogP contribution in [0.5, 0.6) is 11.5 Å². The number of carbonyl (C=O) groups excluding carboxylic acids is 2. The Kier molecular flexibility index (Phi) is 7.70. The van der Waals surface area contributed by atoms with E-state index >= 15 is 0 Å². The number of hydrogen-bond donors (Lipinski definition) is 0. The van der Waals surface area contributed by atoms with Crippen LogP contribution in [-0.4, -0.2) is 38.7 Å².